The van der Waals surface area contributed by atoms with Crippen molar-refractivity contribution in [2.24, 2.45) is 11.3 Å². The van der Waals surface area contributed by atoms with Crippen molar-refractivity contribution in [3.63, 3.8) is 0 Å². The molecule has 1 saturated heterocycles. The normalized spacial score (nSPS) is 25.8. The zero-order valence-corrected chi connectivity index (χ0v) is 15.0. The third kappa shape index (κ3) is 3.10. The highest BCUT2D eigenvalue weighted by molar-refractivity contribution is 7.13. The van der Waals surface area contributed by atoms with Gasteiger partial charge in [-0.05, 0) is 37.4 Å². The third-order valence-electron chi connectivity index (χ3n) is 5.20. The molecular weight excluding hydrogens is 346 g/mol. The van der Waals surface area contributed by atoms with Gasteiger partial charge in [-0.25, -0.2) is 4.98 Å². The number of halogens is 1. The summed E-state index contributed by atoms with van der Waals surface area (Å²) in [7, 11) is 0. The van der Waals surface area contributed by atoms with Gasteiger partial charge in [0.25, 0.3) is 0 Å². The molecule has 0 bridgehead atoms. The van der Waals surface area contributed by atoms with Gasteiger partial charge in [-0.2, -0.15) is 0 Å². The summed E-state index contributed by atoms with van der Waals surface area (Å²) >= 11 is 1.54. The van der Waals surface area contributed by atoms with Gasteiger partial charge in [-0.15, -0.1) is 23.7 Å². The number of hydrogen-bond donors (Lipinski definition) is 2. The van der Waals surface area contributed by atoms with Gasteiger partial charge in [-0.3, -0.25) is 4.79 Å². The smallest absolute Gasteiger partial charge is 0.228 e. The van der Waals surface area contributed by atoms with Gasteiger partial charge in [-0.1, -0.05) is 12.8 Å². The molecule has 2 aliphatic rings. The van der Waals surface area contributed by atoms with E-state index >= 15 is 0 Å². The first kappa shape index (κ1) is 17.5. The highest BCUT2D eigenvalue weighted by Gasteiger charge is 2.49. The lowest BCUT2D eigenvalue weighted by Gasteiger charge is -2.37. The van der Waals surface area contributed by atoms with E-state index in [2.05, 4.69) is 15.6 Å². The lowest BCUT2D eigenvalue weighted by molar-refractivity contribution is -0.134. The second-order valence-corrected chi connectivity index (χ2v) is 7.39. The molecule has 1 saturated carbocycles. The van der Waals surface area contributed by atoms with E-state index < -0.39 is 0 Å². The first-order chi connectivity index (χ1) is 11.3. The molecule has 24 heavy (non-hydrogen) atoms. The molecule has 7 heteroatoms. The summed E-state index contributed by atoms with van der Waals surface area (Å²) in [6, 6.07) is 3.75. The Morgan fingerprint density at radius 2 is 2.42 bits per heavy atom. The summed E-state index contributed by atoms with van der Waals surface area (Å²) in [5, 5.41) is 9.39. The molecule has 0 aromatic carbocycles. The molecule has 1 aliphatic carbocycles. The molecule has 0 spiro atoms. The minimum absolute atomic E-state index is 0. The molecule has 2 fully saturated rings. The molecule has 2 atom stereocenters. The molecule has 5 nitrogen and oxygen atoms in total. The molecule has 0 unspecified atom stereocenters. The number of carbonyl (C=O) groups is 1. The summed E-state index contributed by atoms with van der Waals surface area (Å²) in [5.41, 5.74) is 0.697. The molecule has 3 heterocycles. The number of thiazole rings is 1. The lowest BCUT2D eigenvalue weighted by atomic mass is 9.67. The van der Waals surface area contributed by atoms with Crippen LogP contribution in [-0.2, 0) is 11.3 Å². The Kier molecular flexibility index (Phi) is 5.27. The van der Waals surface area contributed by atoms with Crippen molar-refractivity contribution < 1.29 is 9.21 Å². The highest BCUT2D eigenvalue weighted by atomic mass is 35.5. The molecule has 2 N–H and O–H groups in total. The van der Waals surface area contributed by atoms with Crippen LogP contribution >= 0.6 is 23.7 Å². The predicted molar refractivity (Wildman–Crippen MR) is 96.2 cm³/mol. The summed E-state index contributed by atoms with van der Waals surface area (Å²) in [6.45, 7) is 2.29. The number of nitrogens with one attached hydrogen (secondary N) is 2. The fraction of sp³-hybridized carbons (Fsp3) is 0.529. The Morgan fingerprint density at radius 1 is 1.50 bits per heavy atom. The van der Waals surface area contributed by atoms with E-state index in [1.165, 1.54) is 12.8 Å². The van der Waals surface area contributed by atoms with Gasteiger partial charge in [0.05, 0.1) is 23.9 Å². The molecule has 4 rings (SSSR count). The number of fused-ring (bicyclic) bond motifs is 1. The summed E-state index contributed by atoms with van der Waals surface area (Å²) in [4.78, 5) is 17.4. The first-order valence-corrected chi connectivity index (χ1v) is 9.13. The van der Waals surface area contributed by atoms with Crippen molar-refractivity contribution in [3.05, 3.63) is 29.5 Å². The van der Waals surface area contributed by atoms with Crippen LogP contribution in [0.2, 0.25) is 0 Å². The monoisotopic (exact) mass is 367 g/mol. The number of aromatic nitrogens is 1. The Bertz CT molecular complexity index is 688. The van der Waals surface area contributed by atoms with Crippen LogP contribution in [0.15, 0.2) is 28.2 Å². The average Bonchev–Trinajstić information content (AvgIpc) is 3.31. The van der Waals surface area contributed by atoms with Crippen LogP contribution in [0.3, 0.4) is 0 Å². The van der Waals surface area contributed by atoms with Crippen LogP contribution in [0.25, 0.3) is 10.8 Å². The Labute approximate surface area is 151 Å². The van der Waals surface area contributed by atoms with Crippen LogP contribution in [0, 0.1) is 11.3 Å². The first-order valence-electron chi connectivity index (χ1n) is 8.25. The third-order valence-corrected chi connectivity index (χ3v) is 6.11. The maximum absolute atomic E-state index is 12.8. The van der Waals surface area contributed by atoms with Crippen molar-refractivity contribution in [2.45, 2.75) is 32.2 Å². The van der Waals surface area contributed by atoms with Crippen LogP contribution in [-0.4, -0.2) is 24.0 Å². The quantitative estimate of drug-likeness (QED) is 0.870. The molecular formula is C17H22ClN3O2S. The van der Waals surface area contributed by atoms with Crippen molar-refractivity contribution in [1.29, 1.82) is 0 Å². The molecule has 2 aromatic heterocycles. The number of hydrogen-bond acceptors (Lipinski definition) is 5. The van der Waals surface area contributed by atoms with Gasteiger partial charge >= 0.3 is 0 Å². The van der Waals surface area contributed by atoms with Crippen LogP contribution in [0.5, 0.6) is 0 Å². The Hall–Kier alpha value is -1.37. The van der Waals surface area contributed by atoms with Crippen LogP contribution in [0.1, 0.15) is 31.4 Å². The largest absolute Gasteiger partial charge is 0.462 e. The molecule has 2 aromatic rings. The van der Waals surface area contributed by atoms with E-state index in [1.807, 2.05) is 17.5 Å². The summed E-state index contributed by atoms with van der Waals surface area (Å²) in [5.74, 6) is 1.46. The zero-order valence-electron chi connectivity index (χ0n) is 13.4. The SMILES string of the molecule is Cl.O=C(NCc1csc(-c2ccco2)n1)[C@@]12CCCC[C@H]1CNC2. The minimum Gasteiger partial charge on any atom is -0.462 e. The van der Waals surface area contributed by atoms with Gasteiger partial charge in [0, 0.05) is 11.9 Å². The standard InChI is InChI=1S/C17H21N3O2S.ClH/c21-16(17-6-2-1-4-12(17)8-18-11-17)19-9-13-10-23-15(20-13)14-5-3-7-22-14;/h3,5,7,10,12,18H,1-2,4,6,8-9,11H2,(H,19,21);1H/t12-,17+;/m0./s1. The van der Waals surface area contributed by atoms with Crippen molar-refractivity contribution in [3.8, 4) is 10.8 Å². The molecule has 0 radical (unpaired) electrons. The zero-order chi connectivity index (χ0) is 15.7. The van der Waals surface area contributed by atoms with Gasteiger partial charge < -0.3 is 15.1 Å². The van der Waals surface area contributed by atoms with Crippen LogP contribution < -0.4 is 10.6 Å². The number of furan rings is 1. The molecule has 1 amide bonds. The Balaban J connectivity index is 0.00000169. The van der Waals surface area contributed by atoms with E-state index in [4.69, 9.17) is 4.42 Å². The molecule has 130 valence electrons. The maximum atomic E-state index is 12.8. The summed E-state index contributed by atoms with van der Waals surface area (Å²) in [6.07, 6.45) is 6.23. The number of nitrogens with zero attached hydrogens (tertiary/aromatic N) is 1. The fourth-order valence-electron chi connectivity index (χ4n) is 3.94. The van der Waals surface area contributed by atoms with Crippen molar-refractivity contribution in [1.82, 2.24) is 15.6 Å². The predicted octanol–water partition coefficient (Wildman–Crippen LogP) is 3.22. The van der Waals surface area contributed by atoms with Gasteiger partial charge in [0.15, 0.2) is 10.8 Å². The number of rotatable bonds is 4. The average molecular weight is 368 g/mol. The number of carbonyl (C=O) groups excluding carboxylic acids is 1. The lowest BCUT2D eigenvalue weighted by Crippen LogP contribution is -2.47. The topological polar surface area (TPSA) is 67.2 Å². The fourth-order valence-corrected chi connectivity index (χ4v) is 4.72. The second kappa shape index (κ2) is 7.25. The maximum Gasteiger partial charge on any atom is 0.228 e. The Morgan fingerprint density at radius 3 is 3.25 bits per heavy atom. The van der Waals surface area contributed by atoms with E-state index in [-0.39, 0.29) is 23.7 Å². The minimum atomic E-state index is -0.196. The van der Waals surface area contributed by atoms with Gasteiger partial charge in [0.2, 0.25) is 5.91 Å². The van der Waals surface area contributed by atoms with E-state index in [0.29, 0.717) is 12.5 Å². The van der Waals surface area contributed by atoms with E-state index in [1.54, 1.807) is 17.6 Å². The van der Waals surface area contributed by atoms with Gasteiger partial charge in [0.1, 0.15) is 0 Å². The van der Waals surface area contributed by atoms with Crippen molar-refractivity contribution >= 4 is 29.7 Å². The number of amides is 1. The van der Waals surface area contributed by atoms with E-state index in [0.717, 1.165) is 42.4 Å². The molecule has 1 aliphatic heterocycles. The van der Waals surface area contributed by atoms with E-state index in [9.17, 15) is 4.79 Å². The van der Waals surface area contributed by atoms with Crippen LogP contribution in [0.4, 0.5) is 0 Å². The highest BCUT2D eigenvalue weighted by Crippen LogP contribution is 2.43. The second-order valence-electron chi connectivity index (χ2n) is 6.53. The van der Waals surface area contributed by atoms with Crippen molar-refractivity contribution in [2.75, 3.05) is 13.1 Å². The summed E-state index contributed by atoms with van der Waals surface area (Å²) < 4.78 is 5.36.